The van der Waals surface area contributed by atoms with Gasteiger partial charge in [0.2, 0.25) is 0 Å². The van der Waals surface area contributed by atoms with Crippen molar-refractivity contribution in [1.29, 1.82) is 0 Å². The van der Waals surface area contributed by atoms with E-state index in [9.17, 15) is 0 Å². The third kappa shape index (κ3) is 5.09. The molecular formula is C44H28N6O2. The maximum Gasteiger partial charge on any atom is 0.159 e. The summed E-state index contributed by atoms with van der Waals surface area (Å²) in [6.07, 6.45) is 2.87. The molecule has 5 aromatic heterocycles. The van der Waals surface area contributed by atoms with Gasteiger partial charge in [0, 0.05) is 70.0 Å². The molecule has 0 aliphatic carbocycles. The van der Waals surface area contributed by atoms with Crippen LogP contribution in [0.15, 0.2) is 170 Å². The lowest BCUT2D eigenvalue weighted by molar-refractivity contribution is 0.461. The van der Waals surface area contributed by atoms with Gasteiger partial charge in [-0.05, 0) is 78.8 Å². The van der Waals surface area contributed by atoms with Crippen molar-refractivity contribution in [3.05, 3.63) is 170 Å². The first-order valence-electron chi connectivity index (χ1n) is 18.2. The summed E-state index contributed by atoms with van der Waals surface area (Å²) < 4.78 is 41.8. The van der Waals surface area contributed by atoms with Gasteiger partial charge >= 0.3 is 0 Å². The molecule has 0 bridgehead atoms. The molecule has 5 aromatic carbocycles. The van der Waals surface area contributed by atoms with E-state index >= 15 is 0 Å². The van der Waals surface area contributed by atoms with Gasteiger partial charge in [0.1, 0.15) is 34.6 Å². The van der Waals surface area contributed by atoms with Crippen LogP contribution in [0.5, 0.6) is 23.0 Å². The quantitative estimate of drug-likeness (QED) is 0.167. The minimum absolute atomic E-state index is 0.109. The molecule has 0 amide bonds. The zero-order valence-electron chi connectivity index (χ0n) is 30.4. The summed E-state index contributed by atoms with van der Waals surface area (Å²) in [6.45, 7) is 0. The van der Waals surface area contributed by atoms with Gasteiger partial charge in [-0.2, -0.15) is 0 Å². The molecule has 0 aliphatic heterocycles. The van der Waals surface area contributed by atoms with Crippen LogP contribution in [0.25, 0.3) is 66.6 Å². The van der Waals surface area contributed by atoms with Crippen molar-refractivity contribution < 1.29 is 13.6 Å². The van der Waals surface area contributed by atoms with Gasteiger partial charge in [-0.1, -0.05) is 48.5 Å². The molecule has 10 aromatic rings. The standard InChI is InChI=1S/C44H28N6O2/c1-3-12-38-34(10-1)36-18-16-30(27-40(36)49(38)42-14-5-7-20-45-42)51-32-24-29(44-47-22-9-23-48-44)25-33(26-32)52-31-17-19-37-35-11-2-4-13-39(35)50(41(37)28-31)43-15-6-8-21-46-43/h1-28H/i9D,22D,23D. The summed E-state index contributed by atoms with van der Waals surface area (Å²) in [4.78, 5) is 17.8. The normalized spacial score (nSPS) is 12.3. The van der Waals surface area contributed by atoms with Gasteiger partial charge < -0.3 is 9.47 Å². The zero-order chi connectivity index (χ0) is 37.0. The number of pyridine rings is 2. The van der Waals surface area contributed by atoms with Crippen molar-refractivity contribution in [2.75, 3.05) is 0 Å². The Morgan fingerprint density at radius 2 is 0.904 bits per heavy atom. The van der Waals surface area contributed by atoms with Crippen molar-refractivity contribution in [2.45, 2.75) is 0 Å². The van der Waals surface area contributed by atoms with Crippen LogP contribution in [-0.2, 0) is 0 Å². The second-order valence-corrected chi connectivity index (χ2v) is 12.2. The number of aromatic nitrogens is 6. The fourth-order valence-electron chi connectivity index (χ4n) is 6.93. The minimum Gasteiger partial charge on any atom is -0.457 e. The van der Waals surface area contributed by atoms with Crippen LogP contribution < -0.4 is 9.47 Å². The molecule has 10 rings (SSSR count). The molecule has 0 saturated carbocycles. The summed E-state index contributed by atoms with van der Waals surface area (Å²) in [5, 5.41) is 4.30. The number of para-hydroxylation sites is 2. The lowest BCUT2D eigenvalue weighted by Crippen LogP contribution is -1.97. The van der Waals surface area contributed by atoms with Crippen LogP contribution in [-0.4, -0.2) is 29.1 Å². The lowest BCUT2D eigenvalue weighted by Gasteiger charge is -2.13. The van der Waals surface area contributed by atoms with E-state index in [0.29, 0.717) is 28.6 Å². The Balaban J connectivity index is 1.09. The van der Waals surface area contributed by atoms with Crippen molar-refractivity contribution in [2.24, 2.45) is 0 Å². The molecule has 0 fully saturated rings. The molecule has 0 radical (unpaired) electrons. The maximum absolute atomic E-state index is 8.21. The topological polar surface area (TPSA) is 79.9 Å². The Morgan fingerprint density at radius 1 is 0.423 bits per heavy atom. The molecule has 8 heteroatoms. The van der Waals surface area contributed by atoms with E-state index in [0.717, 1.165) is 55.2 Å². The summed E-state index contributed by atoms with van der Waals surface area (Å²) in [5.74, 6) is 3.67. The Bertz CT molecular complexity index is 2890. The van der Waals surface area contributed by atoms with Crippen molar-refractivity contribution in [3.8, 4) is 46.0 Å². The molecule has 246 valence electrons. The molecular weight excluding hydrogens is 645 g/mol. The summed E-state index contributed by atoms with van der Waals surface area (Å²) in [6, 6.07) is 44.9. The maximum atomic E-state index is 8.21. The number of rotatable bonds is 7. The SMILES string of the molecule is [2H]c1nc(-c2cc(Oc3ccc4c5ccccc5n(-c5ccccn5)c4c3)cc(Oc3ccc4c5ccccc5n(-c5ccccn5)c4c3)c2)nc([2H])c1[2H]. The Kier molecular flexibility index (Phi) is 6.24. The fourth-order valence-corrected chi connectivity index (χ4v) is 6.93. The fraction of sp³-hybridized carbons (Fsp3) is 0. The van der Waals surface area contributed by atoms with Gasteiger partial charge in [-0.15, -0.1) is 0 Å². The van der Waals surface area contributed by atoms with Crippen LogP contribution in [0.3, 0.4) is 0 Å². The molecule has 0 atom stereocenters. The van der Waals surface area contributed by atoms with Gasteiger partial charge in [0.15, 0.2) is 5.82 Å². The lowest BCUT2D eigenvalue weighted by atomic mass is 10.1. The Labute approximate surface area is 302 Å². The highest BCUT2D eigenvalue weighted by Gasteiger charge is 2.17. The first-order chi connectivity index (χ1) is 27.0. The van der Waals surface area contributed by atoms with E-state index in [1.54, 1.807) is 30.6 Å². The predicted octanol–water partition coefficient (Wildman–Crippen LogP) is 10.7. The third-order valence-corrected chi connectivity index (χ3v) is 9.09. The monoisotopic (exact) mass is 675 g/mol. The largest absolute Gasteiger partial charge is 0.457 e. The average Bonchev–Trinajstić information content (AvgIpc) is 3.72. The molecule has 52 heavy (non-hydrogen) atoms. The van der Waals surface area contributed by atoms with Gasteiger partial charge in [0.25, 0.3) is 0 Å². The second kappa shape index (κ2) is 12.2. The first kappa shape index (κ1) is 26.5. The van der Waals surface area contributed by atoms with Crippen molar-refractivity contribution >= 4 is 43.6 Å². The molecule has 0 N–H and O–H groups in total. The molecule has 0 unspecified atom stereocenters. The van der Waals surface area contributed by atoms with E-state index in [1.165, 1.54) is 0 Å². The van der Waals surface area contributed by atoms with E-state index in [4.69, 9.17) is 13.6 Å². The van der Waals surface area contributed by atoms with E-state index in [1.807, 2.05) is 97.1 Å². The summed E-state index contributed by atoms with van der Waals surface area (Å²) >= 11 is 0. The number of benzene rings is 5. The Morgan fingerprint density at radius 3 is 1.40 bits per heavy atom. The predicted molar refractivity (Wildman–Crippen MR) is 205 cm³/mol. The first-order valence-corrected chi connectivity index (χ1v) is 16.7. The highest BCUT2D eigenvalue weighted by Crippen LogP contribution is 2.39. The van der Waals surface area contributed by atoms with Crippen molar-refractivity contribution in [1.82, 2.24) is 29.1 Å². The molecule has 0 spiro atoms. The molecule has 0 saturated heterocycles. The van der Waals surface area contributed by atoms with Crippen LogP contribution in [0.1, 0.15) is 4.11 Å². The molecule has 8 nitrogen and oxygen atoms in total. The number of nitrogens with zero attached hydrogens (tertiary/aromatic N) is 6. The van der Waals surface area contributed by atoms with Gasteiger partial charge in [-0.3, -0.25) is 9.13 Å². The Hall–Kier alpha value is -7.32. The van der Waals surface area contributed by atoms with Gasteiger partial charge in [-0.25, -0.2) is 19.9 Å². The van der Waals surface area contributed by atoms with Crippen LogP contribution in [0.2, 0.25) is 0 Å². The second-order valence-electron chi connectivity index (χ2n) is 12.2. The summed E-state index contributed by atoms with van der Waals surface area (Å²) in [5.41, 5.74) is 4.36. The van der Waals surface area contributed by atoms with Crippen LogP contribution >= 0.6 is 0 Å². The van der Waals surface area contributed by atoms with Crippen LogP contribution in [0, 0.1) is 0 Å². The van der Waals surface area contributed by atoms with E-state index in [-0.39, 0.29) is 24.2 Å². The number of hydrogen-bond acceptors (Lipinski definition) is 6. The van der Waals surface area contributed by atoms with Gasteiger partial charge in [0.05, 0.1) is 26.2 Å². The van der Waals surface area contributed by atoms with E-state index < -0.39 is 0 Å². The number of hydrogen-bond donors (Lipinski definition) is 0. The number of fused-ring (bicyclic) bond motifs is 6. The highest BCUT2D eigenvalue weighted by molar-refractivity contribution is 6.10. The highest BCUT2D eigenvalue weighted by atomic mass is 16.5. The molecule has 5 heterocycles. The molecule has 0 aliphatic rings. The number of ether oxygens (including phenoxy) is 2. The minimum atomic E-state index is -0.346. The zero-order valence-corrected chi connectivity index (χ0v) is 27.4. The average molecular weight is 676 g/mol. The smallest absolute Gasteiger partial charge is 0.159 e. The van der Waals surface area contributed by atoms with Crippen molar-refractivity contribution in [3.63, 3.8) is 0 Å². The van der Waals surface area contributed by atoms with E-state index in [2.05, 4.69) is 53.3 Å². The van der Waals surface area contributed by atoms with Crippen LogP contribution in [0.4, 0.5) is 0 Å². The third-order valence-electron chi connectivity index (χ3n) is 9.09. The summed E-state index contributed by atoms with van der Waals surface area (Å²) in [7, 11) is 0.